The molecule has 4 aromatic carbocycles. The maximum Gasteiger partial charge on any atom is 0.311 e. The van der Waals surface area contributed by atoms with Crippen LogP contribution in [-0.2, 0) is 37.6 Å². The smallest absolute Gasteiger partial charge is 0.311 e. The Balaban J connectivity index is 0.000000160. The predicted molar refractivity (Wildman–Crippen MR) is 226 cm³/mol. The first-order chi connectivity index (χ1) is 27.8. The molecule has 1 saturated heterocycles. The summed E-state index contributed by atoms with van der Waals surface area (Å²) in [7, 11) is -8.28. The van der Waals surface area contributed by atoms with Crippen LogP contribution >= 0.6 is 46.4 Å². The van der Waals surface area contributed by atoms with E-state index in [2.05, 4.69) is 0 Å². The van der Waals surface area contributed by atoms with Crippen LogP contribution in [0, 0.1) is 13.8 Å². The number of carbonyl (C=O) groups is 2. The van der Waals surface area contributed by atoms with Crippen LogP contribution in [0.3, 0.4) is 0 Å². The summed E-state index contributed by atoms with van der Waals surface area (Å²) in [6.07, 6.45) is 3.36. The first kappa shape index (κ1) is 43.3. The summed E-state index contributed by atoms with van der Waals surface area (Å²) >= 11 is 24.4. The second-order valence-electron chi connectivity index (χ2n) is 14.5. The van der Waals surface area contributed by atoms with Crippen LogP contribution < -0.4 is 0 Å². The van der Waals surface area contributed by atoms with Crippen molar-refractivity contribution in [1.29, 1.82) is 0 Å². The Morgan fingerprint density at radius 1 is 0.593 bits per heavy atom. The van der Waals surface area contributed by atoms with Gasteiger partial charge < -0.3 is 4.74 Å². The molecule has 0 radical (unpaired) electrons. The minimum absolute atomic E-state index is 0.0472. The van der Waals surface area contributed by atoms with E-state index >= 15 is 0 Å². The normalized spacial score (nSPS) is 16.3. The van der Waals surface area contributed by atoms with Gasteiger partial charge in [-0.05, 0) is 106 Å². The predicted octanol–water partition coefficient (Wildman–Crippen LogP) is 11.1. The molecular formula is C42H36Cl4F2N2O7S2. The molecule has 310 valence electrons. The molecule has 0 N–H and O–H groups in total. The van der Waals surface area contributed by atoms with E-state index in [1.165, 1.54) is 43.2 Å². The molecule has 6 aromatic rings. The molecule has 9 rings (SSSR count). The number of hydrogen-bond donors (Lipinski definition) is 0. The molecule has 2 aliphatic carbocycles. The van der Waals surface area contributed by atoms with Crippen molar-refractivity contribution in [2.45, 2.75) is 74.5 Å². The highest BCUT2D eigenvalue weighted by Gasteiger charge is 2.48. The van der Waals surface area contributed by atoms with E-state index < -0.39 is 43.9 Å². The maximum absolute atomic E-state index is 14.2. The van der Waals surface area contributed by atoms with Crippen LogP contribution in [0.4, 0.5) is 8.78 Å². The number of ketones is 2. The third kappa shape index (κ3) is 8.07. The number of fused-ring (bicyclic) bond motifs is 6. The zero-order chi connectivity index (χ0) is 42.6. The minimum atomic E-state index is -4.33. The number of nitrogens with zero attached hydrogens (tertiary/aromatic N) is 2. The average molecular weight is 925 g/mol. The first-order valence-electron chi connectivity index (χ1n) is 18.6. The molecule has 59 heavy (non-hydrogen) atoms. The Labute approximate surface area is 359 Å². The fourth-order valence-corrected chi connectivity index (χ4v) is 11.1. The number of rotatable bonds is 4. The van der Waals surface area contributed by atoms with Gasteiger partial charge in [-0.25, -0.2) is 24.8 Å². The van der Waals surface area contributed by atoms with Gasteiger partial charge in [0.1, 0.15) is 11.4 Å². The summed E-state index contributed by atoms with van der Waals surface area (Å²) in [6, 6.07) is 18.3. The van der Waals surface area contributed by atoms with Gasteiger partial charge in [0.2, 0.25) is 5.78 Å². The molecule has 1 fully saturated rings. The van der Waals surface area contributed by atoms with E-state index in [1.54, 1.807) is 49.4 Å². The molecule has 0 atom stereocenters. The Hall–Kier alpha value is -3.82. The summed E-state index contributed by atoms with van der Waals surface area (Å²) in [5.41, 5.74) is 2.87. The van der Waals surface area contributed by atoms with Crippen LogP contribution in [0.25, 0.3) is 21.8 Å². The molecule has 9 nitrogen and oxygen atoms in total. The molecule has 0 bridgehead atoms. The lowest BCUT2D eigenvalue weighted by molar-refractivity contribution is 0.00153. The first-order valence-corrected chi connectivity index (χ1v) is 23.0. The summed E-state index contributed by atoms with van der Waals surface area (Å²) in [5.74, 6) is -5.34. The molecule has 2 aromatic heterocycles. The molecule has 1 aliphatic heterocycles. The van der Waals surface area contributed by atoms with Crippen molar-refractivity contribution in [1.82, 2.24) is 7.94 Å². The second-order valence-corrected chi connectivity index (χ2v) is 19.7. The van der Waals surface area contributed by atoms with E-state index in [1.807, 2.05) is 6.92 Å². The number of alkyl halides is 2. The van der Waals surface area contributed by atoms with Gasteiger partial charge in [0, 0.05) is 36.8 Å². The van der Waals surface area contributed by atoms with Crippen molar-refractivity contribution in [3.8, 4) is 0 Å². The van der Waals surface area contributed by atoms with Crippen molar-refractivity contribution in [3.05, 3.63) is 127 Å². The zero-order valence-electron chi connectivity index (χ0n) is 31.6. The molecule has 0 saturated carbocycles. The van der Waals surface area contributed by atoms with Crippen LogP contribution in [0.5, 0.6) is 0 Å². The molecule has 0 unspecified atom stereocenters. The lowest BCUT2D eigenvalue weighted by Crippen LogP contribution is -2.36. The number of aryl methyl sites for hydroxylation is 4. The van der Waals surface area contributed by atoms with E-state index in [-0.39, 0.29) is 53.8 Å². The molecule has 17 heteroatoms. The van der Waals surface area contributed by atoms with Crippen LogP contribution in [0.1, 0.15) is 75.3 Å². The van der Waals surface area contributed by atoms with E-state index in [0.29, 0.717) is 44.5 Å². The molecule has 0 spiro atoms. The van der Waals surface area contributed by atoms with Crippen LogP contribution in [-0.4, -0.2) is 55.5 Å². The monoisotopic (exact) mass is 922 g/mol. The van der Waals surface area contributed by atoms with Crippen LogP contribution in [0.2, 0.25) is 20.1 Å². The van der Waals surface area contributed by atoms with Crippen molar-refractivity contribution < 1.29 is 39.9 Å². The Bertz CT molecular complexity index is 2880. The van der Waals surface area contributed by atoms with E-state index in [4.69, 9.17) is 51.1 Å². The topological polar surface area (TPSA) is 122 Å². The molecular weight excluding hydrogens is 888 g/mol. The Morgan fingerprint density at radius 2 is 1.02 bits per heavy atom. The lowest BCUT2D eigenvalue weighted by Gasteiger charge is -2.22. The number of aromatic nitrogens is 2. The van der Waals surface area contributed by atoms with Gasteiger partial charge in [0.05, 0.1) is 40.9 Å². The SMILES string of the molecule is C1CCOC1.Cc1ccc(S(=O)(=O)n2c3c(c4cc(Cl)c(Cl)cc42)CCC(F)(F)C3=O)cc1.Cc1ccc(S(=O)(=O)n2c3c(c4cc(Cl)c(Cl)cc42)CCCC3=O)cc1. The third-order valence-corrected chi connectivity index (χ3v) is 15.3. The second kappa shape index (κ2) is 16.6. The zero-order valence-corrected chi connectivity index (χ0v) is 36.3. The van der Waals surface area contributed by atoms with Gasteiger partial charge in [-0.2, -0.15) is 8.78 Å². The van der Waals surface area contributed by atoms with Gasteiger partial charge >= 0.3 is 5.92 Å². The highest BCUT2D eigenvalue weighted by molar-refractivity contribution is 7.90. The molecule has 3 aliphatic rings. The number of halogens is 6. The highest BCUT2D eigenvalue weighted by Crippen LogP contribution is 2.43. The summed E-state index contributed by atoms with van der Waals surface area (Å²) in [5, 5.41) is 1.78. The van der Waals surface area contributed by atoms with Gasteiger partial charge in [-0.1, -0.05) is 81.8 Å². The Kier molecular flexibility index (Phi) is 12.1. The van der Waals surface area contributed by atoms with Crippen molar-refractivity contribution in [2.75, 3.05) is 13.2 Å². The van der Waals surface area contributed by atoms with E-state index in [9.17, 15) is 35.2 Å². The maximum atomic E-state index is 14.2. The molecule has 3 heterocycles. The highest BCUT2D eigenvalue weighted by atomic mass is 35.5. The summed E-state index contributed by atoms with van der Waals surface area (Å²) in [6.45, 7) is 5.67. The lowest BCUT2D eigenvalue weighted by atomic mass is 9.92. The number of hydrogen-bond acceptors (Lipinski definition) is 7. The van der Waals surface area contributed by atoms with Crippen molar-refractivity contribution in [2.24, 2.45) is 0 Å². The quantitative estimate of drug-likeness (QED) is 0.173. The van der Waals surface area contributed by atoms with Crippen molar-refractivity contribution in [3.63, 3.8) is 0 Å². The number of carbonyl (C=O) groups excluding carboxylic acids is 2. The molecule has 0 amide bonds. The number of benzene rings is 4. The average Bonchev–Trinajstić information content (AvgIpc) is 3.94. The van der Waals surface area contributed by atoms with Crippen molar-refractivity contribution >= 4 is 99.8 Å². The van der Waals surface area contributed by atoms with Crippen LogP contribution in [0.15, 0.2) is 82.6 Å². The summed E-state index contributed by atoms with van der Waals surface area (Å²) < 4.78 is 88.5. The van der Waals surface area contributed by atoms with E-state index in [0.717, 1.165) is 33.9 Å². The summed E-state index contributed by atoms with van der Waals surface area (Å²) in [4.78, 5) is 25.2. The van der Waals surface area contributed by atoms with Gasteiger partial charge in [0.25, 0.3) is 20.0 Å². The minimum Gasteiger partial charge on any atom is -0.381 e. The fourth-order valence-electron chi connectivity index (χ4n) is 7.40. The fraction of sp³-hybridized carbons (Fsp3) is 0.286. The van der Waals surface area contributed by atoms with Gasteiger partial charge in [0.15, 0.2) is 5.78 Å². The number of Topliss-reactive ketones (excluding diaryl/α,β-unsaturated/α-hetero) is 2. The standard InChI is InChI=1S/C19H13Cl2F2NO3S.C19H15Cl2NO3S.C4H8O/c1-10-2-4-11(5-3-10)28(26,27)24-16-9-15(21)14(20)8-13(16)12-6-7-19(22,23)18(25)17(12)24;1-11-5-7-12(8-6-11)26(24,25)22-17-10-16(21)15(20)9-14(17)13-3-2-4-18(23)19(13)22;1-2-4-5-3-1/h2-5,8-9H,6-7H2,1H3;5-10H,2-4H2,1H3;1-4H2. The number of ether oxygens (including phenoxy) is 1. The van der Waals surface area contributed by atoms with Gasteiger partial charge in [-0.3, -0.25) is 9.59 Å². The largest absolute Gasteiger partial charge is 0.381 e. The van der Waals surface area contributed by atoms with Gasteiger partial charge in [-0.15, -0.1) is 0 Å². The third-order valence-electron chi connectivity index (χ3n) is 10.4. The Morgan fingerprint density at radius 3 is 1.46 bits per heavy atom.